The van der Waals surface area contributed by atoms with E-state index in [1.165, 1.54) is 24.3 Å². The molecule has 2 aliphatic rings. The van der Waals surface area contributed by atoms with Crippen molar-refractivity contribution >= 4 is 36.0 Å². The summed E-state index contributed by atoms with van der Waals surface area (Å²) in [6, 6.07) is 0. The molecule has 2 unspecified atom stereocenters. The van der Waals surface area contributed by atoms with Gasteiger partial charge in [0, 0.05) is 5.75 Å². The fourth-order valence-corrected chi connectivity index (χ4v) is 1.77. The zero-order valence-corrected chi connectivity index (χ0v) is 13.3. The monoisotopic (exact) mass is 300 g/mol. The van der Waals surface area contributed by atoms with Crippen LogP contribution in [0.15, 0.2) is 0 Å². The molecule has 0 spiro atoms. The Morgan fingerprint density at radius 2 is 1.71 bits per heavy atom. The first kappa shape index (κ1) is 17.9. The van der Waals surface area contributed by atoms with Gasteiger partial charge in [0.1, 0.15) is 0 Å². The standard InChI is InChI=1S/C6H12OS.C3H5ClO.C3H8S/c1-2-3-8-5-6-4-7-6;4-1-3-2-5-3;1-2-3-4/h6H,2-5H2,1H3;3H,1-2H2;4H,2-3H2,1H3. The summed E-state index contributed by atoms with van der Waals surface area (Å²) < 4.78 is 9.76. The molecule has 0 radical (unpaired) electrons. The summed E-state index contributed by atoms with van der Waals surface area (Å²) >= 11 is 11.2. The Morgan fingerprint density at radius 1 is 1.18 bits per heavy atom. The minimum Gasteiger partial charge on any atom is -0.372 e. The van der Waals surface area contributed by atoms with Gasteiger partial charge in [-0.3, -0.25) is 0 Å². The van der Waals surface area contributed by atoms with Crippen LogP contribution in [0.4, 0.5) is 0 Å². The fourth-order valence-electron chi connectivity index (χ4n) is 0.681. The highest BCUT2D eigenvalue weighted by atomic mass is 35.5. The molecule has 0 bridgehead atoms. The van der Waals surface area contributed by atoms with Gasteiger partial charge in [-0.1, -0.05) is 13.8 Å². The number of hydrogen-bond donors (Lipinski definition) is 1. The highest BCUT2D eigenvalue weighted by Gasteiger charge is 2.21. The molecule has 2 nitrogen and oxygen atoms in total. The summed E-state index contributed by atoms with van der Waals surface area (Å²) in [4.78, 5) is 0. The Kier molecular flexibility index (Phi) is 14.1. The molecule has 2 fully saturated rings. The number of thiol groups is 1. The lowest BCUT2D eigenvalue weighted by Gasteiger charge is -1.91. The lowest BCUT2D eigenvalue weighted by atomic mass is 10.6. The summed E-state index contributed by atoms with van der Waals surface area (Å²) in [5.41, 5.74) is 0. The average molecular weight is 301 g/mol. The van der Waals surface area contributed by atoms with Crippen molar-refractivity contribution in [1.29, 1.82) is 0 Å². The summed E-state index contributed by atoms with van der Waals surface area (Å²) in [7, 11) is 0. The molecule has 2 saturated heterocycles. The average Bonchev–Trinajstić information content (AvgIpc) is 3.22. The maximum absolute atomic E-state index is 5.27. The number of alkyl halides is 1. The second-order valence-electron chi connectivity index (χ2n) is 3.86. The zero-order valence-electron chi connectivity index (χ0n) is 10.9. The smallest absolute Gasteiger partial charge is 0.0944 e. The fraction of sp³-hybridized carbons (Fsp3) is 1.00. The second-order valence-corrected chi connectivity index (χ2v) is 5.77. The first-order valence-corrected chi connectivity index (χ1v) is 8.58. The first-order valence-electron chi connectivity index (χ1n) is 6.26. The number of rotatable bonds is 6. The molecular formula is C12H25ClO2S2. The minimum absolute atomic E-state index is 0.400. The third kappa shape index (κ3) is 16.9. The molecule has 0 aromatic heterocycles. The molecule has 0 amide bonds. The van der Waals surface area contributed by atoms with Gasteiger partial charge >= 0.3 is 0 Å². The van der Waals surface area contributed by atoms with Crippen molar-refractivity contribution in [2.75, 3.05) is 36.4 Å². The summed E-state index contributed by atoms with van der Waals surface area (Å²) in [5, 5.41) is 0. The first-order chi connectivity index (χ1) is 8.28. The third-order valence-electron chi connectivity index (χ3n) is 1.85. The van der Waals surface area contributed by atoms with Crippen LogP contribution in [0.5, 0.6) is 0 Å². The van der Waals surface area contributed by atoms with Crippen LogP contribution < -0.4 is 0 Å². The Balaban J connectivity index is 0.000000246. The van der Waals surface area contributed by atoms with Gasteiger partial charge in [-0.2, -0.15) is 24.4 Å². The van der Waals surface area contributed by atoms with E-state index in [2.05, 4.69) is 26.5 Å². The summed E-state index contributed by atoms with van der Waals surface area (Å²) in [6.07, 6.45) is 3.49. The number of ether oxygens (including phenoxy) is 2. The molecule has 104 valence electrons. The molecule has 5 heteroatoms. The van der Waals surface area contributed by atoms with Gasteiger partial charge in [0.25, 0.3) is 0 Å². The lowest BCUT2D eigenvalue weighted by molar-refractivity contribution is 0.425. The van der Waals surface area contributed by atoms with Crippen molar-refractivity contribution in [3.05, 3.63) is 0 Å². The van der Waals surface area contributed by atoms with Gasteiger partial charge in [0.2, 0.25) is 0 Å². The van der Waals surface area contributed by atoms with Crippen molar-refractivity contribution in [2.24, 2.45) is 0 Å². The molecule has 2 rings (SSSR count). The van der Waals surface area contributed by atoms with Crippen LogP contribution in [-0.2, 0) is 9.47 Å². The van der Waals surface area contributed by atoms with Crippen molar-refractivity contribution in [3.63, 3.8) is 0 Å². The van der Waals surface area contributed by atoms with Gasteiger partial charge in [-0.15, -0.1) is 11.6 Å². The number of epoxide rings is 2. The van der Waals surface area contributed by atoms with E-state index in [-0.39, 0.29) is 0 Å². The van der Waals surface area contributed by atoms with E-state index in [9.17, 15) is 0 Å². The molecule has 0 N–H and O–H groups in total. The van der Waals surface area contributed by atoms with Gasteiger partial charge < -0.3 is 9.47 Å². The quantitative estimate of drug-likeness (QED) is 0.352. The van der Waals surface area contributed by atoms with Crippen LogP contribution in [0.2, 0.25) is 0 Å². The molecule has 17 heavy (non-hydrogen) atoms. The van der Waals surface area contributed by atoms with Gasteiger partial charge in [0.15, 0.2) is 0 Å². The lowest BCUT2D eigenvalue weighted by Crippen LogP contribution is -1.89. The normalized spacial score (nSPS) is 24.0. The van der Waals surface area contributed by atoms with Crippen LogP contribution in [0, 0.1) is 0 Å². The molecule has 2 heterocycles. The van der Waals surface area contributed by atoms with Gasteiger partial charge in [-0.25, -0.2) is 0 Å². The topological polar surface area (TPSA) is 25.1 Å². The van der Waals surface area contributed by atoms with Gasteiger partial charge in [-0.05, 0) is 24.3 Å². The van der Waals surface area contributed by atoms with Crippen LogP contribution in [0.1, 0.15) is 26.7 Å². The van der Waals surface area contributed by atoms with Crippen LogP contribution >= 0.6 is 36.0 Å². The Hall–Kier alpha value is 0.910. The third-order valence-corrected chi connectivity index (χ3v) is 3.95. The summed E-state index contributed by atoms with van der Waals surface area (Å²) in [6.45, 7) is 6.20. The largest absolute Gasteiger partial charge is 0.372 e. The van der Waals surface area contributed by atoms with E-state index < -0.39 is 0 Å². The Labute approximate surface area is 121 Å². The Morgan fingerprint density at radius 3 is 1.94 bits per heavy atom. The number of halogens is 1. The van der Waals surface area contributed by atoms with Crippen molar-refractivity contribution < 1.29 is 9.47 Å². The van der Waals surface area contributed by atoms with E-state index in [1.807, 2.05) is 11.8 Å². The number of thioether (sulfide) groups is 1. The van der Waals surface area contributed by atoms with Crippen LogP contribution in [-0.4, -0.2) is 48.6 Å². The maximum Gasteiger partial charge on any atom is 0.0944 e. The van der Waals surface area contributed by atoms with E-state index >= 15 is 0 Å². The van der Waals surface area contributed by atoms with Gasteiger partial charge in [0.05, 0.1) is 31.3 Å². The van der Waals surface area contributed by atoms with Crippen LogP contribution in [0.25, 0.3) is 0 Å². The predicted molar refractivity (Wildman–Crippen MR) is 82.0 cm³/mol. The molecule has 2 aliphatic heterocycles. The zero-order chi connectivity index (χ0) is 12.9. The minimum atomic E-state index is 0.400. The van der Waals surface area contributed by atoms with E-state index in [0.717, 1.165) is 19.0 Å². The molecule has 0 saturated carbocycles. The van der Waals surface area contributed by atoms with Crippen molar-refractivity contribution in [3.8, 4) is 0 Å². The molecule has 0 aromatic carbocycles. The van der Waals surface area contributed by atoms with Crippen molar-refractivity contribution in [2.45, 2.75) is 38.9 Å². The molecule has 2 atom stereocenters. The Bertz CT molecular complexity index is 151. The van der Waals surface area contributed by atoms with Crippen LogP contribution in [0.3, 0.4) is 0 Å². The van der Waals surface area contributed by atoms with E-state index in [4.69, 9.17) is 21.1 Å². The SMILES string of the molecule is CCCS.CCCSCC1CO1.ClCC1CO1. The number of hydrogen-bond acceptors (Lipinski definition) is 4. The van der Waals surface area contributed by atoms with E-state index in [1.54, 1.807) is 0 Å². The summed E-state index contributed by atoms with van der Waals surface area (Å²) in [5.74, 6) is 4.19. The highest BCUT2D eigenvalue weighted by Crippen LogP contribution is 2.15. The predicted octanol–water partition coefficient (Wildman–Crippen LogP) is 3.48. The van der Waals surface area contributed by atoms with E-state index in [0.29, 0.717) is 18.1 Å². The molecule has 0 aromatic rings. The van der Waals surface area contributed by atoms with Crippen molar-refractivity contribution in [1.82, 2.24) is 0 Å². The molecular weight excluding hydrogens is 276 g/mol. The highest BCUT2D eigenvalue weighted by molar-refractivity contribution is 7.99. The molecule has 0 aliphatic carbocycles. The second kappa shape index (κ2) is 13.3. The maximum atomic E-state index is 5.27.